The van der Waals surface area contributed by atoms with E-state index in [1.54, 1.807) is 32.4 Å². The number of esters is 1. The summed E-state index contributed by atoms with van der Waals surface area (Å²) in [4.78, 5) is 15.8. The highest BCUT2D eigenvalue weighted by atomic mass is 16.5. The SMILES string of the molecule is CCOC(=O)c1cccnc1NCCCCOC. The lowest BCUT2D eigenvalue weighted by molar-refractivity contribution is 0.0527. The Morgan fingerprint density at radius 1 is 1.44 bits per heavy atom. The lowest BCUT2D eigenvalue weighted by atomic mass is 10.2. The van der Waals surface area contributed by atoms with E-state index >= 15 is 0 Å². The molecule has 5 nitrogen and oxygen atoms in total. The van der Waals surface area contributed by atoms with Gasteiger partial charge in [0.25, 0.3) is 0 Å². The van der Waals surface area contributed by atoms with E-state index in [4.69, 9.17) is 9.47 Å². The minimum Gasteiger partial charge on any atom is -0.462 e. The zero-order chi connectivity index (χ0) is 13.2. The molecule has 0 aliphatic carbocycles. The first kappa shape index (κ1) is 14.4. The van der Waals surface area contributed by atoms with Crippen LogP contribution in [0.2, 0.25) is 0 Å². The van der Waals surface area contributed by atoms with Crippen LogP contribution >= 0.6 is 0 Å². The highest BCUT2D eigenvalue weighted by molar-refractivity contribution is 5.94. The molecule has 18 heavy (non-hydrogen) atoms. The Morgan fingerprint density at radius 2 is 2.28 bits per heavy atom. The summed E-state index contributed by atoms with van der Waals surface area (Å²) in [6.45, 7) is 3.65. The standard InChI is InChI=1S/C13H20N2O3/c1-3-18-13(16)11-7-6-9-15-12(11)14-8-4-5-10-17-2/h6-7,9H,3-5,8,10H2,1-2H3,(H,14,15). The average molecular weight is 252 g/mol. The summed E-state index contributed by atoms with van der Waals surface area (Å²) in [6, 6.07) is 3.44. The first-order valence-corrected chi connectivity index (χ1v) is 6.14. The number of nitrogens with one attached hydrogen (secondary N) is 1. The maximum absolute atomic E-state index is 11.7. The van der Waals surface area contributed by atoms with Gasteiger partial charge in [-0.2, -0.15) is 0 Å². The number of carbonyl (C=O) groups is 1. The number of unbranched alkanes of at least 4 members (excludes halogenated alkanes) is 1. The summed E-state index contributed by atoms with van der Waals surface area (Å²) in [5.41, 5.74) is 0.478. The second kappa shape index (κ2) is 8.47. The molecule has 100 valence electrons. The summed E-state index contributed by atoms with van der Waals surface area (Å²) in [5.74, 6) is 0.235. The molecule has 0 spiro atoms. The van der Waals surface area contributed by atoms with Crippen LogP contribution in [0.3, 0.4) is 0 Å². The van der Waals surface area contributed by atoms with Gasteiger partial charge in [-0.15, -0.1) is 0 Å². The molecule has 0 amide bonds. The highest BCUT2D eigenvalue weighted by Gasteiger charge is 2.12. The molecule has 0 fully saturated rings. The molecule has 1 heterocycles. The monoisotopic (exact) mass is 252 g/mol. The number of aromatic nitrogens is 1. The van der Waals surface area contributed by atoms with Crippen molar-refractivity contribution in [1.29, 1.82) is 0 Å². The molecule has 0 aliphatic rings. The van der Waals surface area contributed by atoms with Crippen LogP contribution in [0, 0.1) is 0 Å². The van der Waals surface area contributed by atoms with Crippen molar-refractivity contribution in [3.63, 3.8) is 0 Å². The first-order valence-electron chi connectivity index (χ1n) is 6.14. The number of pyridine rings is 1. The maximum Gasteiger partial charge on any atom is 0.341 e. The number of anilines is 1. The first-order chi connectivity index (χ1) is 8.79. The number of ether oxygens (including phenoxy) is 2. The Hall–Kier alpha value is -1.62. The Morgan fingerprint density at radius 3 is 3.00 bits per heavy atom. The van der Waals surface area contributed by atoms with Gasteiger partial charge in [-0.1, -0.05) is 0 Å². The van der Waals surface area contributed by atoms with Crippen molar-refractivity contribution in [3.8, 4) is 0 Å². The van der Waals surface area contributed by atoms with Crippen LogP contribution in [0.15, 0.2) is 18.3 Å². The van der Waals surface area contributed by atoms with Gasteiger partial charge in [-0.25, -0.2) is 9.78 Å². The third-order valence-electron chi connectivity index (χ3n) is 2.37. The fourth-order valence-corrected chi connectivity index (χ4v) is 1.50. The minimum atomic E-state index is -0.343. The largest absolute Gasteiger partial charge is 0.462 e. The van der Waals surface area contributed by atoms with Crippen molar-refractivity contribution in [2.45, 2.75) is 19.8 Å². The molecule has 1 aromatic heterocycles. The highest BCUT2D eigenvalue weighted by Crippen LogP contribution is 2.12. The second-order valence-electron chi connectivity index (χ2n) is 3.75. The molecule has 0 aliphatic heterocycles. The average Bonchev–Trinajstić information content (AvgIpc) is 2.39. The number of methoxy groups -OCH3 is 1. The van der Waals surface area contributed by atoms with Crippen molar-refractivity contribution in [2.75, 3.05) is 32.2 Å². The lowest BCUT2D eigenvalue weighted by Crippen LogP contribution is -2.12. The van der Waals surface area contributed by atoms with E-state index in [0.29, 0.717) is 18.0 Å². The minimum absolute atomic E-state index is 0.343. The van der Waals surface area contributed by atoms with Crippen molar-refractivity contribution in [3.05, 3.63) is 23.9 Å². The zero-order valence-corrected chi connectivity index (χ0v) is 10.9. The van der Waals surface area contributed by atoms with E-state index < -0.39 is 0 Å². The van der Waals surface area contributed by atoms with Crippen molar-refractivity contribution in [2.24, 2.45) is 0 Å². The molecule has 0 saturated carbocycles. The van der Waals surface area contributed by atoms with E-state index in [2.05, 4.69) is 10.3 Å². The van der Waals surface area contributed by atoms with E-state index in [-0.39, 0.29) is 5.97 Å². The molecule has 0 saturated heterocycles. The molecule has 0 aromatic carbocycles. The molecule has 0 radical (unpaired) electrons. The van der Waals surface area contributed by atoms with Crippen LogP contribution in [0.1, 0.15) is 30.1 Å². The third-order valence-corrected chi connectivity index (χ3v) is 2.37. The van der Waals surface area contributed by atoms with E-state index in [9.17, 15) is 4.79 Å². The molecular weight excluding hydrogens is 232 g/mol. The molecule has 0 unspecified atom stereocenters. The number of nitrogens with zero attached hydrogens (tertiary/aromatic N) is 1. The van der Waals surface area contributed by atoms with Crippen LogP contribution in [0.5, 0.6) is 0 Å². The van der Waals surface area contributed by atoms with Crippen LogP contribution in [0.4, 0.5) is 5.82 Å². The summed E-state index contributed by atoms with van der Waals surface area (Å²) >= 11 is 0. The normalized spacial score (nSPS) is 10.1. The maximum atomic E-state index is 11.7. The fourth-order valence-electron chi connectivity index (χ4n) is 1.50. The van der Waals surface area contributed by atoms with Gasteiger partial charge in [0.2, 0.25) is 0 Å². The van der Waals surface area contributed by atoms with Crippen LogP contribution in [-0.4, -0.2) is 37.8 Å². The topological polar surface area (TPSA) is 60.5 Å². The number of rotatable bonds is 8. The van der Waals surface area contributed by atoms with E-state index in [0.717, 1.165) is 26.0 Å². The predicted molar refractivity (Wildman–Crippen MR) is 69.8 cm³/mol. The molecule has 0 atom stereocenters. The van der Waals surface area contributed by atoms with Crippen molar-refractivity contribution in [1.82, 2.24) is 4.98 Å². The summed E-state index contributed by atoms with van der Waals surface area (Å²) in [6.07, 6.45) is 3.60. The van der Waals surface area contributed by atoms with Gasteiger partial charge in [-0.3, -0.25) is 0 Å². The van der Waals surface area contributed by atoms with Gasteiger partial charge < -0.3 is 14.8 Å². The van der Waals surface area contributed by atoms with Gasteiger partial charge in [0.1, 0.15) is 11.4 Å². The summed E-state index contributed by atoms with van der Waals surface area (Å²) in [7, 11) is 1.69. The van der Waals surface area contributed by atoms with Crippen LogP contribution < -0.4 is 5.32 Å². The van der Waals surface area contributed by atoms with Crippen molar-refractivity contribution < 1.29 is 14.3 Å². The van der Waals surface area contributed by atoms with Crippen LogP contribution in [0.25, 0.3) is 0 Å². The van der Waals surface area contributed by atoms with Gasteiger partial charge in [0.05, 0.1) is 6.61 Å². The number of hydrogen-bond acceptors (Lipinski definition) is 5. The Balaban J connectivity index is 2.51. The Kier molecular flexibility index (Phi) is 6.79. The molecule has 1 aromatic rings. The number of hydrogen-bond donors (Lipinski definition) is 1. The van der Waals surface area contributed by atoms with Crippen LogP contribution in [-0.2, 0) is 9.47 Å². The Labute approximate surface area is 108 Å². The van der Waals surface area contributed by atoms with Crippen molar-refractivity contribution >= 4 is 11.8 Å². The molecule has 1 rings (SSSR count). The molecule has 0 bridgehead atoms. The molecular formula is C13H20N2O3. The summed E-state index contributed by atoms with van der Waals surface area (Å²) < 4.78 is 9.95. The van der Waals surface area contributed by atoms with E-state index in [1.807, 2.05) is 0 Å². The van der Waals surface area contributed by atoms with Gasteiger partial charge in [0, 0.05) is 26.5 Å². The van der Waals surface area contributed by atoms with E-state index in [1.165, 1.54) is 0 Å². The zero-order valence-electron chi connectivity index (χ0n) is 10.9. The predicted octanol–water partition coefficient (Wildman–Crippen LogP) is 2.10. The fraction of sp³-hybridized carbons (Fsp3) is 0.538. The lowest BCUT2D eigenvalue weighted by Gasteiger charge is -2.09. The third kappa shape index (κ3) is 4.71. The van der Waals surface area contributed by atoms with Gasteiger partial charge >= 0.3 is 5.97 Å². The molecule has 1 N–H and O–H groups in total. The second-order valence-corrected chi connectivity index (χ2v) is 3.75. The summed E-state index contributed by atoms with van der Waals surface area (Å²) in [5, 5.41) is 3.14. The van der Waals surface area contributed by atoms with Gasteiger partial charge in [0.15, 0.2) is 0 Å². The number of carbonyl (C=O) groups excluding carboxylic acids is 1. The Bertz CT molecular complexity index is 369. The van der Waals surface area contributed by atoms with Gasteiger partial charge in [-0.05, 0) is 31.9 Å². The smallest absolute Gasteiger partial charge is 0.341 e. The quantitative estimate of drug-likeness (QED) is 0.567. The molecule has 5 heteroatoms.